The van der Waals surface area contributed by atoms with Crippen molar-refractivity contribution in [3.05, 3.63) is 93.2 Å². The van der Waals surface area contributed by atoms with Crippen molar-refractivity contribution in [3.8, 4) is 0 Å². The van der Waals surface area contributed by atoms with Crippen molar-refractivity contribution >= 4 is 38.8 Å². The number of rotatable bonds is 6. The fraction of sp³-hybridized carbons (Fsp3) is 0.269. The Hall–Kier alpha value is -3.85. The van der Waals surface area contributed by atoms with Crippen LogP contribution in [0.4, 0.5) is 11.4 Å². The summed E-state index contributed by atoms with van der Waals surface area (Å²) < 4.78 is 1.18. The van der Waals surface area contributed by atoms with Gasteiger partial charge in [-0.25, -0.2) is 4.98 Å². The summed E-state index contributed by atoms with van der Waals surface area (Å²) in [6.07, 6.45) is 3.34. The number of amides is 1. The van der Waals surface area contributed by atoms with Gasteiger partial charge < -0.3 is 10.2 Å². The van der Waals surface area contributed by atoms with Gasteiger partial charge in [0.25, 0.3) is 11.6 Å². The first-order chi connectivity index (χ1) is 17.0. The Balaban J connectivity index is 1.27. The van der Waals surface area contributed by atoms with Gasteiger partial charge in [0.2, 0.25) is 0 Å². The van der Waals surface area contributed by atoms with Gasteiger partial charge in [0.15, 0.2) is 0 Å². The van der Waals surface area contributed by atoms with Crippen LogP contribution >= 0.6 is 11.3 Å². The zero-order valence-corrected chi connectivity index (χ0v) is 20.1. The number of carbonyl (C=O) groups is 1. The Labute approximate surface area is 206 Å². The minimum Gasteiger partial charge on any atom is -0.371 e. The molecule has 1 amide bonds. The lowest BCUT2D eigenvalue weighted by Gasteiger charge is -2.31. The number of fused-ring (bicyclic) bond motifs is 1. The molecule has 4 aromatic rings. The summed E-state index contributed by atoms with van der Waals surface area (Å²) in [5.41, 5.74) is 2.36. The monoisotopic (exact) mass is 487 g/mol. The van der Waals surface area contributed by atoms with Gasteiger partial charge in [-0.2, -0.15) is 0 Å². The van der Waals surface area contributed by atoms with Crippen molar-refractivity contribution in [1.29, 1.82) is 0 Å². The summed E-state index contributed by atoms with van der Waals surface area (Å²) >= 11 is 1.72. The zero-order valence-electron chi connectivity index (χ0n) is 19.3. The lowest BCUT2D eigenvalue weighted by atomic mass is 9.97. The van der Waals surface area contributed by atoms with E-state index in [4.69, 9.17) is 4.98 Å². The fourth-order valence-electron chi connectivity index (χ4n) is 4.45. The summed E-state index contributed by atoms with van der Waals surface area (Å²) in [7, 11) is 0. The molecule has 178 valence electrons. The maximum Gasteiger partial charge on any atom is 0.293 e. The first-order valence-electron chi connectivity index (χ1n) is 11.6. The predicted molar refractivity (Wildman–Crippen MR) is 137 cm³/mol. The molecule has 1 fully saturated rings. The number of nitro groups is 1. The molecule has 2 aromatic heterocycles. The number of carbonyl (C=O) groups excluding carboxylic acids is 1. The molecule has 5 rings (SSSR count). The molecule has 1 aliphatic heterocycles. The van der Waals surface area contributed by atoms with E-state index in [0.717, 1.165) is 29.1 Å². The van der Waals surface area contributed by atoms with E-state index in [0.29, 0.717) is 30.3 Å². The van der Waals surface area contributed by atoms with Crippen LogP contribution in [-0.2, 0) is 0 Å². The van der Waals surface area contributed by atoms with E-state index >= 15 is 0 Å². The molecule has 8 nitrogen and oxygen atoms in total. The van der Waals surface area contributed by atoms with Gasteiger partial charge in [-0.1, -0.05) is 18.2 Å². The second kappa shape index (κ2) is 9.79. The number of nitrogens with one attached hydrogen (secondary N) is 1. The fourth-order valence-corrected chi connectivity index (χ4v) is 5.59. The Kier molecular flexibility index (Phi) is 6.41. The highest BCUT2D eigenvalue weighted by Gasteiger charge is 2.28. The van der Waals surface area contributed by atoms with E-state index in [9.17, 15) is 14.9 Å². The lowest BCUT2D eigenvalue weighted by Crippen LogP contribution is -2.37. The molecule has 1 aliphatic rings. The van der Waals surface area contributed by atoms with Gasteiger partial charge in [0, 0.05) is 36.8 Å². The van der Waals surface area contributed by atoms with Crippen molar-refractivity contribution in [2.24, 2.45) is 0 Å². The third-order valence-electron chi connectivity index (χ3n) is 6.39. The maximum absolute atomic E-state index is 13.2. The van der Waals surface area contributed by atoms with Crippen molar-refractivity contribution in [3.63, 3.8) is 0 Å². The summed E-state index contributed by atoms with van der Waals surface area (Å²) in [6, 6.07) is 18.1. The SMILES string of the molecule is CC(Nc1ccc(C(=O)N2CCC(c3nc4ccccc4s3)CC2)cc1[N+](=O)[O-])c1ccccn1. The van der Waals surface area contributed by atoms with Crippen molar-refractivity contribution in [2.45, 2.75) is 31.7 Å². The lowest BCUT2D eigenvalue weighted by molar-refractivity contribution is -0.384. The molecule has 1 N–H and O–H groups in total. The molecule has 0 bridgehead atoms. The van der Waals surface area contributed by atoms with Gasteiger partial charge in [0.1, 0.15) is 5.69 Å². The smallest absolute Gasteiger partial charge is 0.293 e. The average molecular weight is 488 g/mol. The average Bonchev–Trinajstić information content (AvgIpc) is 3.33. The number of benzene rings is 2. The molecule has 0 spiro atoms. The Bertz CT molecular complexity index is 1330. The molecular weight excluding hydrogens is 462 g/mol. The van der Waals surface area contributed by atoms with Crippen LogP contribution in [0.15, 0.2) is 66.9 Å². The second-order valence-corrected chi connectivity index (χ2v) is 9.76. The molecule has 35 heavy (non-hydrogen) atoms. The molecule has 0 radical (unpaired) electrons. The topological polar surface area (TPSA) is 101 Å². The normalized spacial score (nSPS) is 15.2. The molecule has 1 atom stereocenters. The van der Waals surface area contributed by atoms with Gasteiger partial charge in [-0.3, -0.25) is 19.9 Å². The predicted octanol–water partition coefficient (Wildman–Crippen LogP) is 5.79. The Morgan fingerprint density at radius 2 is 1.91 bits per heavy atom. The summed E-state index contributed by atoms with van der Waals surface area (Å²) in [5, 5.41) is 16.1. The number of anilines is 1. The van der Waals surface area contributed by atoms with Gasteiger partial charge in [0.05, 0.1) is 31.9 Å². The van der Waals surface area contributed by atoms with Crippen LogP contribution in [0.2, 0.25) is 0 Å². The number of hydrogen-bond acceptors (Lipinski definition) is 7. The number of likely N-dealkylation sites (tertiary alicyclic amines) is 1. The number of hydrogen-bond donors (Lipinski definition) is 1. The van der Waals surface area contributed by atoms with E-state index in [2.05, 4.69) is 16.4 Å². The number of para-hydroxylation sites is 1. The molecule has 0 aliphatic carbocycles. The minimum atomic E-state index is -0.455. The number of nitrogens with zero attached hydrogens (tertiary/aromatic N) is 4. The number of pyridine rings is 1. The molecule has 1 saturated heterocycles. The minimum absolute atomic E-state index is 0.122. The molecule has 2 aromatic carbocycles. The maximum atomic E-state index is 13.2. The number of aromatic nitrogens is 2. The van der Waals surface area contributed by atoms with Crippen molar-refractivity contribution in [2.75, 3.05) is 18.4 Å². The summed E-state index contributed by atoms with van der Waals surface area (Å²) in [4.78, 5) is 35.4. The van der Waals surface area contributed by atoms with Crippen LogP contribution in [-0.4, -0.2) is 38.8 Å². The van der Waals surface area contributed by atoms with Gasteiger partial charge >= 0.3 is 0 Å². The van der Waals surface area contributed by atoms with Crippen LogP contribution in [0.25, 0.3) is 10.2 Å². The molecule has 9 heteroatoms. The quantitative estimate of drug-likeness (QED) is 0.273. The summed E-state index contributed by atoms with van der Waals surface area (Å²) in [5.74, 6) is 0.144. The Morgan fingerprint density at radius 1 is 1.14 bits per heavy atom. The van der Waals surface area contributed by atoms with E-state index < -0.39 is 4.92 Å². The highest BCUT2D eigenvalue weighted by Crippen LogP contribution is 2.35. The van der Waals surface area contributed by atoms with Crippen molar-refractivity contribution < 1.29 is 9.72 Å². The molecule has 1 unspecified atom stereocenters. The van der Waals surface area contributed by atoms with E-state index in [-0.39, 0.29) is 17.6 Å². The van der Waals surface area contributed by atoms with Crippen LogP contribution < -0.4 is 5.32 Å². The number of nitro benzene ring substituents is 1. The first-order valence-corrected chi connectivity index (χ1v) is 12.4. The van der Waals surface area contributed by atoms with Crippen molar-refractivity contribution in [1.82, 2.24) is 14.9 Å². The standard InChI is InChI=1S/C26H25N5O3S/c1-17(20-6-4-5-13-27-20)28-21-10-9-19(16-23(21)31(33)34)26(32)30-14-11-18(12-15-30)25-29-22-7-2-3-8-24(22)35-25/h2-10,13,16-18,28H,11-12,14-15H2,1H3. The van der Waals surface area contributed by atoms with E-state index in [1.165, 1.54) is 10.8 Å². The molecule has 0 saturated carbocycles. The summed E-state index contributed by atoms with van der Waals surface area (Å²) in [6.45, 7) is 3.09. The molecule has 3 heterocycles. The van der Waals surface area contributed by atoms with Crippen LogP contribution in [0, 0.1) is 10.1 Å². The highest BCUT2D eigenvalue weighted by atomic mass is 32.1. The van der Waals surface area contributed by atoms with Gasteiger partial charge in [-0.05, 0) is 56.2 Å². The second-order valence-electron chi connectivity index (χ2n) is 8.70. The largest absolute Gasteiger partial charge is 0.371 e. The van der Waals surface area contributed by atoms with Crippen LogP contribution in [0.3, 0.4) is 0 Å². The highest BCUT2D eigenvalue weighted by molar-refractivity contribution is 7.18. The Morgan fingerprint density at radius 3 is 2.63 bits per heavy atom. The zero-order chi connectivity index (χ0) is 24.4. The first kappa shape index (κ1) is 22.9. The third-order valence-corrected chi connectivity index (χ3v) is 7.59. The number of thiazole rings is 1. The van der Waals surface area contributed by atoms with E-state index in [1.54, 1.807) is 34.6 Å². The van der Waals surface area contributed by atoms with E-state index in [1.807, 2.05) is 43.3 Å². The van der Waals surface area contributed by atoms with Gasteiger partial charge in [-0.15, -0.1) is 11.3 Å². The van der Waals surface area contributed by atoms with Crippen LogP contribution in [0.1, 0.15) is 52.8 Å². The molecular formula is C26H25N5O3S. The van der Waals surface area contributed by atoms with Crippen LogP contribution in [0.5, 0.6) is 0 Å². The number of piperidine rings is 1. The third kappa shape index (κ3) is 4.85.